The van der Waals surface area contributed by atoms with E-state index in [1.807, 2.05) is 6.08 Å². The molecule has 1 fully saturated rings. The van der Waals surface area contributed by atoms with Crippen molar-refractivity contribution in [3.63, 3.8) is 0 Å². The average Bonchev–Trinajstić information content (AvgIpc) is 3.37. The van der Waals surface area contributed by atoms with E-state index < -0.39 is 49.5 Å². The second kappa shape index (κ2) is 51.4. The van der Waals surface area contributed by atoms with Crippen molar-refractivity contribution in [2.75, 3.05) is 13.2 Å². The number of hydrogen-bond acceptors (Lipinski definition) is 8. The zero-order chi connectivity index (χ0) is 51.5. The number of aliphatic hydroxyl groups is 5. The minimum atomic E-state index is -1.58. The van der Waals surface area contributed by atoms with Gasteiger partial charge >= 0.3 is 0 Å². The summed E-state index contributed by atoms with van der Waals surface area (Å²) in [5.74, 6) is -0.216. The first-order valence-corrected chi connectivity index (χ1v) is 30.0. The van der Waals surface area contributed by atoms with Crippen LogP contribution >= 0.6 is 0 Å². The first-order valence-electron chi connectivity index (χ1n) is 30.0. The van der Waals surface area contributed by atoms with Gasteiger partial charge in [0, 0.05) is 6.42 Å². The molecule has 0 aromatic carbocycles. The lowest BCUT2D eigenvalue weighted by Gasteiger charge is -2.40. The van der Waals surface area contributed by atoms with Gasteiger partial charge in [-0.1, -0.05) is 267 Å². The maximum Gasteiger partial charge on any atom is 0.220 e. The molecular formula is C62H113NO8. The van der Waals surface area contributed by atoms with Gasteiger partial charge in [0.05, 0.1) is 25.4 Å². The van der Waals surface area contributed by atoms with Crippen LogP contribution in [0, 0.1) is 0 Å². The number of rotatable bonds is 51. The van der Waals surface area contributed by atoms with Crippen molar-refractivity contribution in [3.05, 3.63) is 60.8 Å². The van der Waals surface area contributed by atoms with Gasteiger partial charge in [-0.05, 0) is 57.8 Å². The summed E-state index contributed by atoms with van der Waals surface area (Å²) >= 11 is 0. The van der Waals surface area contributed by atoms with E-state index in [4.69, 9.17) is 9.47 Å². The highest BCUT2D eigenvalue weighted by Gasteiger charge is 2.44. The second-order valence-corrected chi connectivity index (χ2v) is 20.8. The van der Waals surface area contributed by atoms with Gasteiger partial charge in [0.25, 0.3) is 0 Å². The minimum absolute atomic E-state index is 0.207. The number of nitrogens with one attached hydrogen (secondary N) is 1. The van der Waals surface area contributed by atoms with E-state index in [2.05, 4.69) is 67.8 Å². The van der Waals surface area contributed by atoms with Gasteiger partial charge in [0.2, 0.25) is 5.91 Å². The van der Waals surface area contributed by atoms with Gasteiger partial charge in [-0.3, -0.25) is 4.79 Å². The molecule has 0 aromatic rings. The number of amides is 1. The van der Waals surface area contributed by atoms with Crippen molar-refractivity contribution in [2.45, 2.75) is 314 Å². The maximum atomic E-state index is 13.0. The van der Waals surface area contributed by atoms with Crippen LogP contribution in [0.3, 0.4) is 0 Å². The average molecular weight is 1000 g/mol. The van der Waals surface area contributed by atoms with Crippen LogP contribution in [0.25, 0.3) is 0 Å². The van der Waals surface area contributed by atoms with Crippen molar-refractivity contribution in [2.24, 2.45) is 0 Å². The van der Waals surface area contributed by atoms with Crippen LogP contribution in [0.2, 0.25) is 0 Å². The molecule has 6 N–H and O–H groups in total. The van der Waals surface area contributed by atoms with Crippen molar-refractivity contribution in [3.8, 4) is 0 Å². The van der Waals surface area contributed by atoms with E-state index in [0.29, 0.717) is 12.8 Å². The summed E-state index contributed by atoms with van der Waals surface area (Å²) in [5, 5.41) is 54.4. The van der Waals surface area contributed by atoms with Gasteiger partial charge in [-0.2, -0.15) is 0 Å². The molecule has 1 saturated heterocycles. The largest absolute Gasteiger partial charge is 0.394 e. The van der Waals surface area contributed by atoms with Crippen molar-refractivity contribution < 1.29 is 39.8 Å². The molecule has 1 rings (SSSR count). The molecule has 9 heteroatoms. The predicted octanol–water partition coefficient (Wildman–Crippen LogP) is 15.1. The van der Waals surface area contributed by atoms with Crippen molar-refractivity contribution >= 4 is 5.91 Å². The fraction of sp³-hybridized carbons (Fsp3) is 0.823. The van der Waals surface area contributed by atoms with Crippen LogP contribution in [-0.2, 0) is 14.3 Å². The highest BCUT2D eigenvalue weighted by Crippen LogP contribution is 2.23. The van der Waals surface area contributed by atoms with Crippen molar-refractivity contribution in [1.82, 2.24) is 5.32 Å². The number of allylic oxidation sites excluding steroid dienone is 9. The highest BCUT2D eigenvalue weighted by atomic mass is 16.7. The van der Waals surface area contributed by atoms with Gasteiger partial charge in [0.15, 0.2) is 6.29 Å². The molecular weight excluding hydrogens is 887 g/mol. The molecule has 7 atom stereocenters. The predicted molar refractivity (Wildman–Crippen MR) is 299 cm³/mol. The van der Waals surface area contributed by atoms with Crippen LogP contribution < -0.4 is 5.32 Å². The Kier molecular flexibility index (Phi) is 48.4. The number of aliphatic hydroxyl groups excluding tert-OH is 5. The Morgan fingerprint density at radius 2 is 0.873 bits per heavy atom. The molecule has 0 aromatic heterocycles. The fourth-order valence-electron chi connectivity index (χ4n) is 9.39. The standard InChI is InChI=1S/C62H113NO8/c1-3-5-7-9-11-13-15-17-19-20-21-22-23-24-25-26-27-28-29-30-31-32-33-34-35-36-38-39-41-43-45-47-49-51-56(65)55(54-70-62-61(69)60(68)59(67)57(53-64)71-62)63-58(66)52-50-48-46-44-42-40-37-18-16-14-12-10-8-6-4-2/h6,8,12,14,18,37,42,44,49,51,55-57,59-62,64-65,67-69H,3-5,7,9-11,13,15-17,19-36,38-41,43,45-48,50,52-54H2,1-2H3,(H,63,66)/b8-6-,14-12-,37-18-,44-42-,51-49+. The number of unbranched alkanes of at least 4 members (excludes halogenated alkanes) is 33. The summed E-state index contributed by atoms with van der Waals surface area (Å²) in [5.41, 5.74) is 0. The monoisotopic (exact) mass is 1000 g/mol. The van der Waals surface area contributed by atoms with Crippen LogP contribution in [0.4, 0.5) is 0 Å². The van der Waals surface area contributed by atoms with Gasteiger partial charge in [-0.15, -0.1) is 0 Å². The van der Waals surface area contributed by atoms with Crippen LogP contribution in [-0.4, -0.2) is 87.5 Å². The molecule has 0 aliphatic carbocycles. The summed E-state index contributed by atoms with van der Waals surface area (Å²) in [6.45, 7) is 3.65. The molecule has 1 aliphatic heterocycles. The Morgan fingerprint density at radius 3 is 1.30 bits per heavy atom. The molecule has 9 nitrogen and oxygen atoms in total. The molecule has 71 heavy (non-hydrogen) atoms. The molecule has 0 spiro atoms. The Hall–Kier alpha value is -2.11. The normalized spacial score (nSPS) is 19.7. The Bertz CT molecular complexity index is 1300. The Labute approximate surface area is 436 Å². The zero-order valence-corrected chi connectivity index (χ0v) is 46.0. The van der Waals surface area contributed by atoms with E-state index in [0.717, 1.165) is 57.8 Å². The first kappa shape index (κ1) is 66.9. The molecule has 1 amide bonds. The van der Waals surface area contributed by atoms with E-state index >= 15 is 0 Å². The summed E-state index contributed by atoms with van der Waals surface area (Å²) < 4.78 is 11.2. The van der Waals surface area contributed by atoms with Gasteiger partial charge in [-0.25, -0.2) is 0 Å². The van der Waals surface area contributed by atoms with Gasteiger partial charge in [0.1, 0.15) is 24.4 Å². The lowest BCUT2D eigenvalue weighted by atomic mass is 9.99. The molecule has 1 heterocycles. The minimum Gasteiger partial charge on any atom is -0.394 e. The quantitative estimate of drug-likeness (QED) is 0.0261. The Morgan fingerprint density at radius 1 is 0.493 bits per heavy atom. The molecule has 414 valence electrons. The summed E-state index contributed by atoms with van der Waals surface area (Å²) in [7, 11) is 0. The topological polar surface area (TPSA) is 149 Å². The van der Waals surface area contributed by atoms with Gasteiger partial charge < -0.3 is 40.3 Å². The first-order chi connectivity index (χ1) is 34.8. The van der Waals surface area contributed by atoms with Crippen LogP contribution in [0.15, 0.2) is 60.8 Å². The third kappa shape index (κ3) is 40.9. The molecule has 1 aliphatic rings. The summed E-state index contributed by atoms with van der Waals surface area (Å²) in [4.78, 5) is 13.0. The smallest absolute Gasteiger partial charge is 0.220 e. The third-order valence-electron chi connectivity index (χ3n) is 14.1. The molecule has 0 radical (unpaired) electrons. The van der Waals surface area contributed by atoms with Crippen LogP contribution in [0.1, 0.15) is 271 Å². The summed E-state index contributed by atoms with van der Waals surface area (Å²) in [6, 6.07) is -0.830. The van der Waals surface area contributed by atoms with E-state index in [1.54, 1.807) is 6.08 Å². The lowest BCUT2D eigenvalue weighted by Crippen LogP contribution is -2.60. The van der Waals surface area contributed by atoms with E-state index in [9.17, 15) is 30.3 Å². The van der Waals surface area contributed by atoms with Crippen LogP contribution in [0.5, 0.6) is 0 Å². The number of carbonyl (C=O) groups is 1. The molecule has 0 bridgehead atoms. The number of hydrogen-bond donors (Lipinski definition) is 6. The Balaban J connectivity index is 2.15. The highest BCUT2D eigenvalue weighted by molar-refractivity contribution is 5.76. The number of ether oxygens (including phenoxy) is 2. The summed E-state index contributed by atoms with van der Waals surface area (Å²) in [6.07, 6.45) is 63.2. The van der Waals surface area contributed by atoms with E-state index in [-0.39, 0.29) is 12.5 Å². The second-order valence-electron chi connectivity index (χ2n) is 20.8. The maximum absolute atomic E-state index is 13.0. The molecule has 0 saturated carbocycles. The van der Waals surface area contributed by atoms with E-state index in [1.165, 1.54) is 186 Å². The van der Waals surface area contributed by atoms with Crippen molar-refractivity contribution in [1.29, 1.82) is 0 Å². The number of carbonyl (C=O) groups excluding carboxylic acids is 1. The zero-order valence-electron chi connectivity index (χ0n) is 46.0. The SMILES string of the molecule is CC/C=C\C/C=C\C/C=C\C/C=C\CCCCC(=O)NC(COC1OC(CO)C(O)C(O)C1O)C(O)/C=C/CCCCCCCCCCCCCCCCCCCCCCCCCCCCCCCCC. The fourth-order valence-corrected chi connectivity index (χ4v) is 9.39. The molecule has 7 unspecified atom stereocenters. The third-order valence-corrected chi connectivity index (χ3v) is 14.1. The lowest BCUT2D eigenvalue weighted by molar-refractivity contribution is -0.302.